The van der Waals surface area contributed by atoms with Crippen LogP contribution in [0.5, 0.6) is 0 Å². The molecule has 17 heavy (non-hydrogen) atoms. The summed E-state index contributed by atoms with van der Waals surface area (Å²) in [6.45, 7) is 0. The Kier molecular flexibility index (Phi) is 5.32. The summed E-state index contributed by atoms with van der Waals surface area (Å²) in [7, 11) is 0. The van der Waals surface area contributed by atoms with Gasteiger partial charge in [-0.3, -0.25) is 5.32 Å². The molecule has 0 amide bonds. The van der Waals surface area contributed by atoms with E-state index in [9.17, 15) is 5.26 Å². The molecule has 2 nitrogen and oxygen atoms in total. The van der Waals surface area contributed by atoms with E-state index in [1.807, 2.05) is 0 Å². The van der Waals surface area contributed by atoms with Crippen LogP contribution < -0.4 is 5.32 Å². The Labute approximate surface area is 106 Å². The minimum absolute atomic E-state index is 0.121. The second-order valence-corrected chi connectivity index (χ2v) is 5.86. The summed E-state index contributed by atoms with van der Waals surface area (Å²) in [5.74, 6) is 0.615. The highest BCUT2D eigenvalue weighted by atomic mass is 15.0. The maximum Gasteiger partial charge on any atom is 0.0983 e. The first kappa shape index (κ1) is 12.9. The Hall–Kier alpha value is -0.550. The fraction of sp³-hybridized carbons (Fsp3) is 0.933. The minimum atomic E-state index is 0.121. The summed E-state index contributed by atoms with van der Waals surface area (Å²) in [4.78, 5) is 0. The van der Waals surface area contributed by atoms with Crippen molar-refractivity contribution in [2.24, 2.45) is 5.92 Å². The predicted octanol–water partition coefficient (Wildman–Crippen LogP) is 3.77. The predicted molar refractivity (Wildman–Crippen MR) is 70.6 cm³/mol. The van der Waals surface area contributed by atoms with E-state index in [1.165, 1.54) is 70.6 Å². The zero-order valence-electron chi connectivity index (χ0n) is 11.0. The van der Waals surface area contributed by atoms with Gasteiger partial charge in [-0.1, -0.05) is 44.9 Å². The number of nitrogens with zero attached hydrogens (tertiary/aromatic N) is 1. The van der Waals surface area contributed by atoms with Crippen molar-refractivity contribution in [1.82, 2.24) is 5.32 Å². The summed E-state index contributed by atoms with van der Waals surface area (Å²) in [5, 5.41) is 13.0. The molecule has 96 valence electrons. The molecule has 1 unspecified atom stereocenters. The van der Waals surface area contributed by atoms with Crippen molar-refractivity contribution >= 4 is 0 Å². The zero-order chi connectivity index (χ0) is 11.9. The zero-order valence-corrected chi connectivity index (χ0v) is 11.0. The lowest BCUT2D eigenvalue weighted by Gasteiger charge is -2.29. The molecule has 1 atom stereocenters. The van der Waals surface area contributed by atoms with Crippen LogP contribution in [0.1, 0.15) is 70.6 Å². The smallest absolute Gasteiger partial charge is 0.0983 e. The van der Waals surface area contributed by atoms with Crippen molar-refractivity contribution in [3.63, 3.8) is 0 Å². The number of hydrogen-bond acceptors (Lipinski definition) is 2. The SMILES string of the molecule is N#CC(NC1CCCCC1)C1CCCCCC1. The van der Waals surface area contributed by atoms with E-state index in [1.54, 1.807) is 0 Å². The van der Waals surface area contributed by atoms with Crippen molar-refractivity contribution in [3.05, 3.63) is 0 Å². The Morgan fingerprint density at radius 1 is 0.824 bits per heavy atom. The molecular weight excluding hydrogens is 208 g/mol. The lowest BCUT2D eigenvalue weighted by atomic mass is 9.89. The van der Waals surface area contributed by atoms with E-state index in [0.717, 1.165) is 0 Å². The maximum absolute atomic E-state index is 9.39. The van der Waals surface area contributed by atoms with E-state index in [0.29, 0.717) is 12.0 Å². The Balaban J connectivity index is 1.84. The van der Waals surface area contributed by atoms with Crippen LogP contribution in [0.15, 0.2) is 0 Å². The van der Waals surface area contributed by atoms with Crippen LogP contribution in [0, 0.1) is 17.2 Å². The molecular formula is C15H26N2. The molecule has 0 aliphatic heterocycles. The average molecular weight is 234 g/mol. The van der Waals surface area contributed by atoms with Gasteiger partial charge in [-0.2, -0.15) is 5.26 Å². The molecule has 2 heteroatoms. The molecule has 1 N–H and O–H groups in total. The van der Waals surface area contributed by atoms with Crippen LogP contribution in [-0.4, -0.2) is 12.1 Å². The van der Waals surface area contributed by atoms with Crippen molar-refractivity contribution in [2.45, 2.75) is 82.7 Å². The third kappa shape index (κ3) is 4.00. The van der Waals surface area contributed by atoms with Crippen LogP contribution in [0.4, 0.5) is 0 Å². The van der Waals surface area contributed by atoms with Gasteiger partial charge in [0.05, 0.1) is 12.1 Å². The first-order valence-corrected chi connectivity index (χ1v) is 7.56. The minimum Gasteiger partial charge on any atom is -0.299 e. The highest BCUT2D eigenvalue weighted by Gasteiger charge is 2.25. The van der Waals surface area contributed by atoms with Crippen LogP contribution in [-0.2, 0) is 0 Å². The molecule has 0 heterocycles. The third-order valence-corrected chi connectivity index (χ3v) is 4.53. The van der Waals surface area contributed by atoms with Gasteiger partial charge in [0.2, 0.25) is 0 Å². The highest BCUT2D eigenvalue weighted by Crippen LogP contribution is 2.27. The van der Waals surface area contributed by atoms with Crippen LogP contribution >= 0.6 is 0 Å². The third-order valence-electron chi connectivity index (χ3n) is 4.53. The van der Waals surface area contributed by atoms with E-state index in [4.69, 9.17) is 0 Å². The fourth-order valence-electron chi connectivity index (χ4n) is 3.45. The maximum atomic E-state index is 9.39. The lowest BCUT2D eigenvalue weighted by molar-refractivity contribution is 0.296. The van der Waals surface area contributed by atoms with Crippen LogP contribution in [0.3, 0.4) is 0 Å². The van der Waals surface area contributed by atoms with E-state index < -0.39 is 0 Å². The van der Waals surface area contributed by atoms with Gasteiger partial charge in [-0.15, -0.1) is 0 Å². The molecule has 2 saturated carbocycles. The monoisotopic (exact) mass is 234 g/mol. The molecule has 0 radical (unpaired) electrons. The molecule has 0 aromatic heterocycles. The first-order chi connectivity index (χ1) is 8.40. The molecule has 2 aliphatic rings. The van der Waals surface area contributed by atoms with Gasteiger partial charge in [0.25, 0.3) is 0 Å². The molecule has 0 spiro atoms. The van der Waals surface area contributed by atoms with E-state index in [2.05, 4.69) is 11.4 Å². The molecule has 0 aromatic rings. The summed E-state index contributed by atoms with van der Waals surface area (Å²) < 4.78 is 0. The van der Waals surface area contributed by atoms with Crippen molar-refractivity contribution in [1.29, 1.82) is 5.26 Å². The van der Waals surface area contributed by atoms with E-state index in [-0.39, 0.29) is 6.04 Å². The van der Waals surface area contributed by atoms with E-state index >= 15 is 0 Å². The second kappa shape index (κ2) is 7.01. The highest BCUT2D eigenvalue weighted by molar-refractivity contribution is 4.97. The largest absolute Gasteiger partial charge is 0.299 e. The van der Waals surface area contributed by atoms with Gasteiger partial charge in [-0.25, -0.2) is 0 Å². The van der Waals surface area contributed by atoms with Gasteiger partial charge in [0.1, 0.15) is 0 Å². The summed E-state index contributed by atoms with van der Waals surface area (Å²) in [6, 6.07) is 3.28. The Morgan fingerprint density at radius 2 is 1.35 bits per heavy atom. The van der Waals surface area contributed by atoms with Gasteiger partial charge >= 0.3 is 0 Å². The molecule has 0 bridgehead atoms. The van der Waals surface area contributed by atoms with Crippen molar-refractivity contribution in [2.75, 3.05) is 0 Å². The lowest BCUT2D eigenvalue weighted by Crippen LogP contribution is -2.42. The number of nitrogens with one attached hydrogen (secondary N) is 1. The normalized spacial score (nSPS) is 26.1. The molecule has 2 aliphatic carbocycles. The summed E-state index contributed by atoms with van der Waals surface area (Å²) in [6.07, 6.45) is 14.6. The topological polar surface area (TPSA) is 35.8 Å². The molecule has 2 rings (SSSR count). The van der Waals surface area contributed by atoms with Crippen LogP contribution in [0.25, 0.3) is 0 Å². The summed E-state index contributed by atoms with van der Waals surface area (Å²) in [5.41, 5.74) is 0. The van der Waals surface area contributed by atoms with Gasteiger partial charge in [0.15, 0.2) is 0 Å². The molecule has 0 saturated heterocycles. The Morgan fingerprint density at radius 3 is 1.94 bits per heavy atom. The number of hydrogen-bond donors (Lipinski definition) is 1. The van der Waals surface area contributed by atoms with Crippen molar-refractivity contribution < 1.29 is 0 Å². The molecule has 0 aromatic carbocycles. The quantitative estimate of drug-likeness (QED) is 0.754. The Bertz CT molecular complexity index is 242. The standard InChI is InChI=1S/C15H26N2/c16-12-15(13-8-4-1-2-5-9-13)17-14-10-6-3-7-11-14/h13-15,17H,1-11H2. The molecule has 2 fully saturated rings. The fourth-order valence-corrected chi connectivity index (χ4v) is 3.45. The van der Waals surface area contributed by atoms with Crippen LogP contribution in [0.2, 0.25) is 0 Å². The van der Waals surface area contributed by atoms with Gasteiger partial charge < -0.3 is 0 Å². The average Bonchev–Trinajstić information content (AvgIpc) is 2.66. The second-order valence-electron chi connectivity index (χ2n) is 5.86. The first-order valence-electron chi connectivity index (χ1n) is 7.56. The van der Waals surface area contributed by atoms with Gasteiger partial charge in [-0.05, 0) is 31.6 Å². The summed E-state index contributed by atoms with van der Waals surface area (Å²) >= 11 is 0. The van der Waals surface area contributed by atoms with Crippen molar-refractivity contribution in [3.8, 4) is 6.07 Å². The number of nitriles is 1. The van der Waals surface area contributed by atoms with Gasteiger partial charge in [0, 0.05) is 6.04 Å². The number of rotatable bonds is 3.